The average Bonchev–Trinajstić information content (AvgIpc) is 2.66. The lowest BCUT2D eigenvalue weighted by Gasteiger charge is -2.35. The minimum Gasteiger partial charge on any atom is -0.670 e. The molecule has 1 aliphatic carbocycles. The van der Waals surface area contributed by atoms with Crippen LogP contribution in [-0.2, 0) is 11.0 Å². The van der Waals surface area contributed by atoms with Crippen molar-refractivity contribution < 1.29 is 22.4 Å². The van der Waals surface area contributed by atoms with Crippen molar-refractivity contribution in [2.75, 3.05) is 0 Å². The van der Waals surface area contributed by atoms with Crippen molar-refractivity contribution in [2.24, 2.45) is 0 Å². The van der Waals surface area contributed by atoms with Crippen LogP contribution in [0.3, 0.4) is 0 Å². The summed E-state index contributed by atoms with van der Waals surface area (Å²) < 4.78 is 52.6. The number of carbonyl (C=O) groups excluding carboxylic acids is 1. The minimum atomic E-state index is -4.51. The SMILES string of the molecule is O=C(NC1CCCCC1)C([N-]c1cccc(C(F)(F)F)c1)c1cccc(F)c1. The molecule has 1 atom stereocenters. The number of nitrogens with zero attached hydrogens (tertiary/aromatic N) is 1. The van der Waals surface area contributed by atoms with E-state index in [9.17, 15) is 22.4 Å². The molecule has 3 nitrogen and oxygen atoms in total. The molecule has 0 bridgehead atoms. The van der Waals surface area contributed by atoms with Gasteiger partial charge in [-0.3, -0.25) is 4.79 Å². The molecule has 0 radical (unpaired) electrons. The molecule has 1 aliphatic rings. The van der Waals surface area contributed by atoms with Gasteiger partial charge in [0.1, 0.15) is 5.82 Å². The highest BCUT2D eigenvalue weighted by Gasteiger charge is 2.30. The number of benzene rings is 2. The molecule has 7 heteroatoms. The number of carbonyl (C=O) groups is 1. The van der Waals surface area contributed by atoms with Gasteiger partial charge in [-0.05, 0) is 31.0 Å². The third-order valence-electron chi connectivity index (χ3n) is 4.82. The second kappa shape index (κ2) is 8.63. The Morgan fingerprint density at radius 3 is 2.43 bits per heavy atom. The average molecular weight is 393 g/mol. The summed E-state index contributed by atoms with van der Waals surface area (Å²) in [4.78, 5) is 12.9. The van der Waals surface area contributed by atoms with Gasteiger partial charge in [0.25, 0.3) is 0 Å². The van der Waals surface area contributed by atoms with Crippen molar-refractivity contribution in [1.82, 2.24) is 5.32 Å². The molecular weight excluding hydrogens is 372 g/mol. The topological polar surface area (TPSA) is 43.2 Å². The number of amides is 1. The van der Waals surface area contributed by atoms with E-state index in [0.29, 0.717) is 5.56 Å². The van der Waals surface area contributed by atoms with Crippen molar-refractivity contribution in [3.63, 3.8) is 0 Å². The Morgan fingerprint density at radius 2 is 1.75 bits per heavy atom. The number of hydrogen-bond donors (Lipinski definition) is 1. The van der Waals surface area contributed by atoms with Gasteiger partial charge in [-0.25, -0.2) is 4.39 Å². The molecule has 0 aliphatic heterocycles. The summed E-state index contributed by atoms with van der Waals surface area (Å²) in [7, 11) is 0. The second-order valence-electron chi connectivity index (χ2n) is 6.98. The van der Waals surface area contributed by atoms with Gasteiger partial charge in [-0.15, -0.1) is 5.69 Å². The monoisotopic (exact) mass is 393 g/mol. The molecule has 0 saturated heterocycles. The molecule has 1 fully saturated rings. The molecule has 2 aromatic rings. The summed E-state index contributed by atoms with van der Waals surface area (Å²) in [5, 5.41) is 7.16. The lowest BCUT2D eigenvalue weighted by Crippen LogP contribution is -2.38. The van der Waals surface area contributed by atoms with Crippen molar-refractivity contribution in [1.29, 1.82) is 0 Å². The van der Waals surface area contributed by atoms with Crippen molar-refractivity contribution in [3.8, 4) is 0 Å². The van der Waals surface area contributed by atoms with E-state index in [1.807, 2.05) is 0 Å². The summed E-state index contributed by atoms with van der Waals surface area (Å²) in [6.07, 6.45) is 0.343. The number of nitrogens with one attached hydrogen (secondary N) is 1. The third kappa shape index (κ3) is 5.24. The standard InChI is InChI=1S/C21H21F4N2O/c22-16-8-4-6-14(12-16)19(20(28)27-17-9-2-1-3-10-17)26-18-11-5-7-15(13-18)21(23,24)25/h4-8,11-13,17,19H,1-3,9-10H2,(H,27,28)/q-1. The first-order chi connectivity index (χ1) is 13.3. The summed E-state index contributed by atoms with van der Waals surface area (Å²) in [6, 6.07) is 8.78. The summed E-state index contributed by atoms with van der Waals surface area (Å²) in [6.45, 7) is 0. The van der Waals surface area contributed by atoms with Gasteiger partial charge >= 0.3 is 6.18 Å². The Labute approximate surface area is 161 Å². The largest absolute Gasteiger partial charge is 0.670 e. The highest BCUT2D eigenvalue weighted by atomic mass is 19.4. The molecule has 0 heterocycles. The molecule has 0 aromatic heterocycles. The van der Waals surface area contributed by atoms with Gasteiger partial charge in [-0.2, -0.15) is 13.2 Å². The van der Waals surface area contributed by atoms with Gasteiger partial charge in [0, 0.05) is 6.04 Å². The van der Waals surface area contributed by atoms with Crippen LogP contribution in [0.25, 0.3) is 5.32 Å². The van der Waals surface area contributed by atoms with E-state index in [2.05, 4.69) is 10.6 Å². The number of alkyl halides is 3. The van der Waals surface area contributed by atoms with E-state index in [1.54, 1.807) is 6.07 Å². The lowest BCUT2D eigenvalue weighted by molar-refractivity contribution is -0.137. The van der Waals surface area contributed by atoms with Crippen LogP contribution in [0.1, 0.15) is 49.3 Å². The zero-order valence-electron chi connectivity index (χ0n) is 15.2. The van der Waals surface area contributed by atoms with Crippen LogP contribution >= 0.6 is 0 Å². The van der Waals surface area contributed by atoms with E-state index in [0.717, 1.165) is 44.2 Å². The van der Waals surface area contributed by atoms with E-state index in [1.165, 1.54) is 30.3 Å². The summed E-state index contributed by atoms with van der Waals surface area (Å²) >= 11 is 0. The highest BCUT2D eigenvalue weighted by Crippen LogP contribution is 2.37. The maximum Gasteiger partial charge on any atom is 0.416 e. The van der Waals surface area contributed by atoms with Crippen LogP contribution in [0.15, 0.2) is 48.5 Å². The number of rotatable bonds is 5. The number of hydrogen-bond acceptors (Lipinski definition) is 1. The van der Waals surface area contributed by atoms with Gasteiger partial charge in [0.15, 0.2) is 0 Å². The molecule has 1 amide bonds. The second-order valence-corrected chi connectivity index (χ2v) is 6.98. The Bertz CT molecular complexity index is 816. The maximum atomic E-state index is 13.7. The molecule has 1 saturated carbocycles. The first-order valence-corrected chi connectivity index (χ1v) is 9.27. The third-order valence-corrected chi connectivity index (χ3v) is 4.82. The lowest BCUT2D eigenvalue weighted by atomic mass is 9.95. The van der Waals surface area contributed by atoms with Crippen molar-refractivity contribution in [2.45, 2.75) is 50.4 Å². The molecule has 150 valence electrons. The Morgan fingerprint density at radius 1 is 1.04 bits per heavy atom. The van der Waals surface area contributed by atoms with Crippen LogP contribution < -0.4 is 5.32 Å². The van der Waals surface area contributed by atoms with Gasteiger partial charge in [0.2, 0.25) is 5.91 Å². The fourth-order valence-electron chi connectivity index (χ4n) is 3.40. The van der Waals surface area contributed by atoms with Crippen LogP contribution in [0.4, 0.5) is 23.2 Å². The summed E-state index contributed by atoms with van der Waals surface area (Å²) in [5.74, 6) is -0.970. The quantitative estimate of drug-likeness (QED) is 0.619. The molecule has 2 aromatic carbocycles. The minimum absolute atomic E-state index is 0.00835. The van der Waals surface area contributed by atoms with E-state index >= 15 is 0 Å². The zero-order valence-corrected chi connectivity index (χ0v) is 15.2. The Balaban J connectivity index is 1.85. The molecule has 3 rings (SSSR count). The molecule has 0 spiro atoms. The predicted octanol–water partition coefficient (Wildman–Crippen LogP) is 6.04. The van der Waals surface area contributed by atoms with Crippen LogP contribution in [0, 0.1) is 5.82 Å². The van der Waals surface area contributed by atoms with Gasteiger partial charge < -0.3 is 10.6 Å². The summed E-state index contributed by atoms with van der Waals surface area (Å²) in [5.41, 5.74) is -0.534. The van der Waals surface area contributed by atoms with Crippen LogP contribution in [0.5, 0.6) is 0 Å². The zero-order chi connectivity index (χ0) is 20.1. The first-order valence-electron chi connectivity index (χ1n) is 9.27. The molecule has 28 heavy (non-hydrogen) atoms. The van der Waals surface area contributed by atoms with Gasteiger partial charge in [0.05, 0.1) is 5.56 Å². The Hall–Kier alpha value is -2.57. The predicted molar refractivity (Wildman–Crippen MR) is 98.6 cm³/mol. The fraction of sp³-hybridized carbons (Fsp3) is 0.381. The van der Waals surface area contributed by atoms with E-state index < -0.39 is 29.5 Å². The van der Waals surface area contributed by atoms with E-state index in [4.69, 9.17) is 0 Å². The number of halogens is 4. The van der Waals surface area contributed by atoms with Crippen LogP contribution in [-0.4, -0.2) is 11.9 Å². The normalized spacial score (nSPS) is 16.4. The fourth-order valence-corrected chi connectivity index (χ4v) is 3.40. The van der Waals surface area contributed by atoms with Crippen molar-refractivity contribution in [3.05, 3.63) is 70.8 Å². The van der Waals surface area contributed by atoms with Crippen LogP contribution in [0.2, 0.25) is 0 Å². The smallest absolute Gasteiger partial charge is 0.416 e. The first kappa shape index (κ1) is 20.2. The maximum absolute atomic E-state index is 13.7. The Kier molecular flexibility index (Phi) is 6.21. The van der Waals surface area contributed by atoms with Gasteiger partial charge in [-0.1, -0.05) is 61.2 Å². The van der Waals surface area contributed by atoms with Crippen molar-refractivity contribution >= 4 is 11.6 Å². The molecule has 1 unspecified atom stereocenters. The molecule has 1 N–H and O–H groups in total. The van der Waals surface area contributed by atoms with E-state index in [-0.39, 0.29) is 11.7 Å². The molecular formula is C21H21F4N2O-. The highest BCUT2D eigenvalue weighted by molar-refractivity contribution is 5.87.